The minimum Gasteiger partial charge on any atom is -0.303 e. The maximum atomic E-state index is 6.04. The Morgan fingerprint density at radius 3 is 1.92 bits per heavy atom. The lowest BCUT2D eigenvalue weighted by molar-refractivity contribution is -0.927. The zero-order chi connectivity index (χ0) is 19.3. The van der Waals surface area contributed by atoms with Gasteiger partial charge in [0.15, 0.2) is 0 Å². The van der Waals surface area contributed by atoms with E-state index in [4.69, 9.17) is 18.0 Å². The second-order valence-electron chi connectivity index (χ2n) is 7.39. The van der Waals surface area contributed by atoms with Crippen molar-refractivity contribution in [3.05, 3.63) is 34.9 Å². The largest absolute Gasteiger partial charge is 0.303 e. The van der Waals surface area contributed by atoms with Crippen LogP contribution in [0.2, 0.25) is 5.02 Å². The summed E-state index contributed by atoms with van der Waals surface area (Å²) in [4.78, 5) is 0. The van der Waals surface area contributed by atoms with Crippen LogP contribution in [0.15, 0.2) is 24.3 Å². The van der Waals surface area contributed by atoms with Gasteiger partial charge in [0.1, 0.15) is 0 Å². The molecule has 3 heteroatoms. The molecule has 1 unspecified atom stereocenters. The fourth-order valence-electron chi connectivity index (χ4n) is 3.54. The van der Waals surface area contributed by atoms with Crippen LogP contribution in [0.1, 0.15) is 70.8 Å². The minimum atomic E-state index is 0.253. The summed E-state index contributed by atoms with van der Waals surface area (Å²) >= 11 is 8.54. The SMILES string of the molecule is C#CC(I)[N+](CCCCCC)(CCCCCC)CCc1ccc(Cl)cc1. The van der Waals surface area contributed by atoms with E-state index in [0.717, 1.165) is 22.5 Å². The summed E-state index contributed by atoms with van der Waals surface area (Å²) in [6.45, 7) is 8.08. The minimum absolute atomic E-state index is 0.253. The fraction of sp³-hybridized carbons (Fsp3) is 0.652. The number of hydrogen-bond donors (Lipinski definition) is 0. The van der Waals surface area contributed by atoms with Crippen LogP contribution < -0.4 is 0 Å². The van der Waals surface area contributed by atoms with Crippen LogP contribution in [0.5, 0.6) is 0 Å². The van der Waals surface area contributed by atoms with E-state index in [0.29, 0.717) is 0 Å². The summed E-state index contributed by atoms with van der Waals surface area (Å²) in [5.74, 6) is 3.07. The van der Waals surface area contributed by atoms with Crippen LogP contribution in [0.25, 0.3) is 0 Å². The van der Waals surface area contributed by atoms with Crippen LogP contribution in [-0.4, -0.2) is 28.2 Å². The summed E-state index contributed by atoms with van der Waals surface area (Å²) in [7, 11) is 0. The molecule has 0 aliphatic carbocycles. The van der Waals surface area contributed by atoms with Gasteiger partial charge < -0.3 is 4.48 Å². The Morgan fingerprint density at radius 2 is 1.46 bits per heavy atom. The molecule has 1 atom stereocenters. The van der Waals surface area contributed by atoms with Crippen LogP contribution in [0, 0.1) is 12.3 Å². The van der Waals surface area contributed by atoms with Crippen molar-refractivity contribution in [1.82, 2.24) is 0 Å². The summed E-state index contributed by atoms with van der Waals surface area (Å²) in [5.41, 5.74) is 1.36. The van der Waals surface area contributed by atoms with Crippen molar-refractivity contribution in [1.29, 1.82) is 0 Å². The molecule has 146 valence electrons. The van der Waals surface area contributed by atoms with E-state index in [9.17, 15) is 0 Å². The highest BCUT2D eigenvalue weighted by atomic mass is 127. The Morgan fingerprint density at radius 1 is 0.923 bits per heavy atom. The van der Waals surface area contributed by atoms with Crippen molar-refractivity contribution in [2.24, 2.45) is 0 Å². The third-order valence-electron chi connectivity index (χ3n) is 5.29. The van der Waals surface area contributed by atoms with Crippen LogP contribution >= 0.6 is 34.2 Å². The highest BCUT2D eigenvalue weighted by Gasteiger charge is 2.33. The Bertz CT molecular complexity index is 508. The maximum Gasteiger partial charge on any atom is 0.200 e. The van der Waals surface area contributed by atoms with Crippen molar-refractivity contribution in [3.8, 4) is 12.3 Å². The zero-order valence-corrected chi connectivity index (χ0v) is 19.6. The Kier molecular flexibility index (Phi) is 12.7. The van der Waals surface area contributed by atoms with E-state index < -0.39 is 0 Å². The molecule has 0 aliphatic heterocycles. The third kappa shape index (κ3) is 8.63. The summed E-state index contributed by atoms with van der Waals surface area (Å²) in [5, 5.41) is 0.809. The normalized spacial score (nSPS) is 12.7. The number of nitrogens with zero attached hydrogens (tertiary/aromatic N) is 1. The molecule has 0 aliphatic rings. The smallest absolute Gasteiger partial charge is 0.200 e. The summed E-state index contributed by atoms with van der Waals surface area (Å²) in [6.07, 6.45) is 17.4. The molecule has 0 saturated heterocycles. The first-order valence-electron chi connectivity index (χ1n) is 10.3. The first kappa shape index (κ1) is 23.8. The van der Waals surface area contributed by atoms with Crippen LogP contribution in [0.3, 0.4) is 0 Å². The van der Waals surface area contributed by atoms with Gasteiger partial charge >= 0.3 is 0 Å². The number of benzene rings is 1. The highest BCUT2D eigenvalue weighted by molar-refractivity contribution is 14.1. The zero-order valence-electron chi connectivity index (χ0n) is 16.7. The van der Waals surface area contributed by atoms with Gasteiger partial charge in [-0.1, -0.05) is 63.3 Å². The van der Waals surface area contributed by atoms with Gasteiger partial charge in [0.25, 0.3) is 0 Å². The van der Waals surface area contributed by atoms with Gasteiger partial charge in [-0.2, -0.15) is 0 Å². The van der Waals surface area contributed by atoms with Gasteiger partial charge in [-0.25, -0.2) is 0 Å². The van der Waals surface area contributed by atoms with Gasteiger partial charge in [0.2, 0.25) is 4.05 Å². The van der Waals surface area contributed by atoms with Crippen molar-refractivity contribution >= 4 is 34.2 Å². The average Bonchev–Trinajstić information content (AvgIpc) is 2.66. The Labute approximate surface area is 180 Å². The van der Waals surface area contributed by atoms with Gasteiger partial charge in [-0.15, -0.1) is 6.42 Å². The fourth-order valence-corrected chi connectivity index (χ4v) is 4.50. The van der Waals surface area contributed by atoms with Crippen LogP contribution in [0.4, 0.5) is 0 Å². The molecule has 1 rings (SSSR count). The lowest BCUT2D eigenvalue weighted by Crippen LogP contribution is -2.54. The lowest BCUT2D eigenvalue weighted by Gasteiger charge is -2.41. The van der Waals surface area contributed by atoms with Gasteiger partial charge in [0, 0.05) is 34.0 Å². The van der Waals surface area contributed by atoms with E-state index in [-0.39, 0.29) is 4.05 Å². The molecule has 1 nitrogen and oxygen atoms in total. The van der Waals surface area contributed by atoms with Crippen LogP contribution in [-0.2, 0) is 6.42 Å². The molecule has 0 heterocycles. The van der Waals surface area contributed by atoms with Gasteiger partial charge in [-0.3, -0.25) is 0 Å². The maximum absolute atomic E-state index is 6.04. The first-order valence-corrected chi connectivity index (χ1v) is 11.9. The molecular weight excluding hydrogens is 453 g/mol. The number of rotatable bonds is 14. The Balaban J connectivity index is 2.82. The summed E-state index contributed by atoms with van der Waals surface area (Å²) < 4.78 is 1.32. The van der Waals surface area contributed by atoms with Crippen molar-refractivity contribution in [2.75, 3.05) is 19.6 Å². The molecule has 0 aromatic heterocycles. The molecule has 1 aromatic rings. The lowest BCUT2D eigenvalue weighted by atomic mass is 10.1. The topological polar surface area (TPSA) is 0 Å². The number of terminal acetylenes is 1. The van der Waals surface area contributed by atoms with E-state index in [1.165, 1.54) is 70.0 Å². The molecule has 26 heavy (non-hydrogen) atoms. The highest BCUT2D eigenvalue weighted by Crippen LogP contribution is 2.25. The van der Waals surface area contributed by atoms with Crippen molar-refractivity contribution in [3.63, 3.8) is 0 Å². The molecule has 0 saturated carbocycles. The predicted molar refractivity (Wildman–Crippen MR) is 125 cm³/mol. The molecule has 0 amide bonds. The number of hydrogen-bond acceptors (Lipinski definition) is 0. The summed E-state index contributed by atoms with van der Waals surface area (Å²) in [6, 6.07) is 8.31. The molecule has 0 fully saturated rings. The predicted octanol–water partition coefficient (Wildman–Crippen LogP) is 7.25. The molecule has 0 spiro atoms. The number of halogens is 2. The van der Waals surface area contributed by atoms with Crippen molar-refractivity contribution in [2.45, 2.75) is 75.7 Å². The molecule has 0 bridgehead atoms. The van der Waals surface area contributed by atoms with E-state index in [1.54, 1.807) is 0 Å². The third-order valence-corrected chi connectivity index (χ3v) is 7.08. The average molecular weight is 489 g/mol. The number of alkyl halides is 1. The second kappa shape index (κ2) is 13.9. The van der Waals surface area contributed by atoms with Gasteiger partial charge in [-0.05, 0) is 49.3 Å². The van der Waals surface area contributed by atoms with E-state index in [2.05, 4.69) is 54.5 Å². The quantitative estimate of drug-likeness (QED) is 0.0646. The molecule has 0 radical (unpaired) electrons. The van der Waals surface area contributed by atoms with E-state index in [1.807, 2.05) is 12.1 Å². The monoisotopic (exact) mass is 488 g/mol. The second-order valence-corrected chi connectivity index (χ2v) is 9.01. The molecule has 1 aromatic carbocycles. The number of unbranched alkanes of at least 4 members (excludes halogenated alkanes) is 6. The van der Waals surface area contributed by atoms with E-state index >= 15 is 0 Å². The molecular formula is C23H36ClIN+. The van der Waals surface area contributed by atoms with Gasteiger partial charge in [0.05, 0.1) is 19.6 Å². The first-order chi connectivity index (χ1) is 12.6. The molecule has 0 N–H and O–H groups in total. The Hall–Kier alpha value is -0.240. The standard InChI is InChI=1S/C23H36ClIN/c1-4-7-9-11-18-26(23(25)6-3,19-12-10-8-5-2)20-17-21-13-15-22(24)16-14-21/h3,13-16,23H,4-5,7-12,17-20H2,1-2H3/q+1. The van der Waals surface area contributed by atoms with Crippen molar-refractivity contribution < 1.29 is 4.48 Å². The number of quaternary nitrogens is 1.